The van der Waals surface area contributed by atoms with Crippen LogP contribution in [0.2, 0.25) is 10.0 Å². The fourth-order valence-electron chi connectivity index (χ4n) is 3.30. The van der Waals surface area contributed by atoms with Gasteiger partial charge in [-0.3, -0.25) is 14.5 Å². The quantitative estimate of drug-likeness (QED) is 0.353. The molecule has 0 aliphatic carbocycles. The van der Waals surface area contributed by atoms with Crippen molar-refractivity contribution in [3.8, 4) is 0 Å². The van der Waals surface area contributed by atoms with E-state index in [1.807, 2.05) is 0 Å². The Balaban J connectivity index is 1.78. The molecule has 0 aliphatic rings. The number of benzene rings is 1. The van der Waals surface area contributed by atoms with Gasteiger partial charge in [-0.05, 0) is 36.4 Å². The summed E-state index contributed by atoms with van der Waals surface area (Å²) in [5, 5.41) is -0.203. The first-order valence-electron chi connectivity index (χ1n) is 9.39. The van der Waals surface area contributed by atoms with Crippen molar-refractivity contribution < 1.29 is 26.4 Å². The van der Waals surface area contributed by atoms with Crippen LogP contribution in [0.5, 0.6) is 0 Å². The lowest BCUT2D eigenvalue weighted by molar-refractivity contribution is -0.137. The van der Waals surface area contributed by atoms with Gasteiger partial charge in [-0.25, -0.2) is 13.4 Å². The van der Waals surface area contributed by atoms with Crippen molar-refractivity contribution in [2.45, 2.75) is 11.1 Å². The summed E-state index contributed by atoms with van der Waals surface area (Å²) >= 11 is 11.8. The van der Waals surface area contributed by atoms with Gasteiger partial charge in [0.2, 0.25) is 5.78 Å². The SMILES string of the molecule is Cn1ccc2c(C(=O)c3ncccc3NS(=O)(=O)c3ccc(Cl)c(C(F)(F)F)c3)c(Cl)cnc21. The first-order chi connectivity index (χ1) is 15.9. The van der Waals surface area contributed by atoms with E-state index in [4.69, 9.17) is 23.2 Å². The highest BCUT2D eigenvalue weighted by molar-refractivity contribution is 7.92. The lowest BCUT2D eigenvalue weighted by atomic mass is 10.0. The first-order valence-corrected chi connectivity index (χ1v) is 11.6. The summed E-state index contributed by atoms with van der Waals surface area (Å²) in [5.41, 5.74) is -1.33. The summed E-state index contributed by atoms with van der Waals surface area (Å²) in [7, 11) is -2.83. The highest BCUT2D eigenvalue weighted by atomic mass is 35.5. The second kappa shape index (κ2) is 8.57. The molecule has 13 heteroatoms. The van der Waals surface area contributed by atoms with Crippen molar-refractivity contribution in [1.29, 1.82) is 0 Å². The fraction of sp³-hybridized carbons (Fsp3) is 0.0952. The van der Waals surface area contributed by atoms with Gasteiger partial charge in [-0.1, -0.05) is 23.2 Å². The van der Waals surface area contributed by atoms with Crippen LogP contribution in [0.1, 0.15) is 21.6 Å². The number of alkyl halides is 3. The fourth-order valence-corrected chi connectivity index (χ4v) is 4.85. The number of pyridine rings is 2. The number of aromatic nitrogens is 3. The molecule has 0 spiro atoms. The molecular formula is C21H13Cl2F3N4O3S. The van der Waals surface area contributed by atoms with Crippen LogP contribution in [-0.4, -0.2) is 28.7 Å². The molecule has 7 nitrogen and oxygen atoms in total. The molecule has 3 heterocycles. The van der Waals surface area contributed by atoms with Gasteiger partial charge in [0.1, 0.15) is 11.3 Å². The summed E-state index contributed by atoms with van der Waals surface area (Å²) in [6, 6.07) is 6.41. The van der Waals surface area contributed by atoms with Crippen LogP contribution in [0, 0.1) is 0 Å². The lowest BCUT2D eigenvalue weighted by Crippen LogP contribution is -2.18. The Kier molecular flexibility index (Phi) is 6.05. The Bertz CT molecular complexity index is 1550. The molecule has 0 aliphatic heterocycles. The van der Waals surface area contributed by atoms with Crippen molar-refractivity contribution in [2.75, 3.05) is 4.72 Å². The predicted molar refractivity (Wildman–Crippen MR) is 121 cm³/mol. The van der Waals surface area contributed by atoms with E-state index in [-0.39, 0.29) is 22.0 Å². The molecule has 0 unspecified atom stereocenters. The van der Waals surface area contributed by atoms with Crippen molar-refractivity contribution >= 4 is 55.7 Å². The number of nitrogens with zero attached hydrogens (tertiary/aromatic N) is 3. The molecule has 0 bridgehead atoms. The van der Waals surface area contributed by atoms with Crippen LogP contribution in [0.3, 0.4) is 0 Å². The number of sulfonamides is 1. The molecule has 1 N–H and O–H groups in total. The van der Waals surface area contributed by atoms with Gasteiger partial charge < -0.3 is 4.57 Å². The number of rotatable bonds is 5. The number of carbonyl (C=O) groups excluding carboxylic acids is 1. The van der Waals surface area contributed by atoms with E-state index in [0.29, 0.717) is 17.1 Å². The normalized spacial score (nSPS) is 12.2. The molecule has 176 valence electrons. The van der Waals surface area contributed by atoms with E-state index >= 15 is 0 Å². The summed E-state index contributed by atoms with van der Waals surface area (Å²) < 4.78 is 69.2. The molecule has 0 amide bonds. The van der Waals surface area contributed by atoms with Crippen molar-refractivity contribution in [2.24, 2.45) is 7.05 Å². The maximum absolute atomic E-state index is 13.4. The van der Waals surface area contributed by atoms with Crippen LogP contribution < -0.4 is 4.72 Å². The average molecular weight is 529 g/mol. The van der Waals surface area contributed by atoms with Gasteiger partial charge in [-0.15, -0.1) is 0 Å². The van der Waals surface area contributed by atoms with Gasteiger partial charge in [0.05, 0.1) is 31.8 Å². The minimum absolute atomic E-state index is 0.0238. The van der Waals surface area contributed by atoms with E-state index in [1.165, 1.54) is 24.5 Å². The zero-order valence-corrected chi connectivity index (χ0v) is 19.4. The summed E-state index contributed by atoms with van der Waals surface area (Å²) in [6.07, 6.45) is -0.634. The Labute approximate surface area is 201 Å². The van der Waals surface area contributed by atoms with Gasteiger partial charge >= 0.3 is 6.18 Å². The minimum atomic E-state index is -4.86. The Morgan fingerprint density at radius 1 is 1.09 bits per heavy atom. The number of fused-ring (bicyclic) bond motifs is 1. The van der Waals surface area contributed by atoms with Gasteiger partial charge in [0.15, 0.2) is 0 Å². The molecule has 1 aromatic carbocycles. The Morgan fingerprint density at radius 2 is 1.82 bits per heavy atom. The van der Waals surface area contributed by atoms with Crippen molar-refractivity contribution in [3.63, 3.8) is 0 Å². The predicted octanol–water partition coefficient (Wildman–Crippen LogP) is 5.33. The molecule has 0 saturated carbocycles. The Hall–Kier alpha value is -3.15. The van der Waals surface area contributed by atoms with Crippen LogP contribution in [0.15, 0.2) is 59.9 Å². The van der Waals surface area contributed by atoms with Crippen LogP contribution in [0.4, 0.5) is 18.9 Å². The lowest BCUT2D eigenvalue weighted by Gasteiger charge is -2.14. The smallest absolute Gasteiger partial charge is 0.336 e. The van der Waals surface area contributed by atoms with E-state index in [0.717, 1.165) is 12.1 Å². The largest absolute Gasteiger partial charge is 0.417 e. The molecule has 4 aromatic rings. The number of halogens is 5. The molecule has 0 fully saturated rings. The van der Waals surface area contributed by atoms with Gasteiger partial charge in [-0.2, -0.15) is 13.2 Å². The summed E-state index contributed by atoms with van der Waals surface area (Å²) in [4.78, 5) is 20.9. The third-order valence-corrected chi connectivity index (χ3v) is 6.88. The van der Waals surface area contributed by atoms with E-state index in [9.17, 15) is 26.4 Å². The van der Waals surface area contributed by atoms with Gasteiger partial charge in [0, 0.05) is 31.0 Å². The maximum atomic E-state index is 13.4. The number of nitrogens with one attached hydrogen (secondary N) is 1. The monoisotopic (exact) mass is 528 g/mol. The molecule has 4 rings (SSSR count). The number of hydrogen-bond acceptors (Lipinski definition) is 5. The molecular weight excluding hydrogens is 516 g/mol. The number of aryl methyl sites for hydroxylation is 1. The van der Waals surface area contributed by atoms with Crippen LogP contribution >= 0.6 is 23.2 Å². The first kappa shape index (κ1) is 24.0. The average Bonchev–Trinajstić information content (AvgIpc) is 3.13. The Morgan fingerprint density at radius 3 is 2.53 bits per heavy atom. The number of hydrogen-bond donors (Lipinski definition) is 1. The van der Waals surface area contributed by atoms with E-state index in [2.05, 4.69) is 14.7 Å². The van der Waals surface area contributed by atoms with Gasteiger partial charge in [0.25, 0.3) is 10.0 Å². The maximum Gasteiger partial charge on any atom is 0.417 e. The van der Waals surface area contributed by atoms with Crippen molar-refractivity contribution in [3.05, 3.63) is 81.9 Å². The number of anilines is 1. The number of carbonyl (C=O) groups is 1. The minimum Gasteiger partial charge on any atom is -0.336 e. The van der Waals surface area contributed by atoms with E-state index < -0.39 is 37.5 Å². The zero-order chi connectivity index (χ0) is 24.8. The van der Waals surface area contributed by atoms with Crippen LogP contribution in [0.25, 0.3) is 11.0 Å². The molecule has 0 radical (unpaired) electrons. The summed E-state index contributed by atoms with van der Waals surface area (Å²) in [6.45, 7) is 0. The van der Waals surface area contributed by atoms with E-state index in [1.54, 1.807) is 23.9 Å². The molecule has 0 atom stereocenters. The number of ketones is 1. The highest BCUT2D eigenvalue weighted by Crippen LogP contribution is 2.36. The summed E-state index contributed by atoms with van der Waals surface area (Å²) in [5.74, 6) is -0.700. The second-order valence-corrected chi connectivity index (χ2v) is 9.62. The standard InChI is InChI=1S/C21H13Cl2F3N4O3S/c1-30-8-6-12-17(15(23)10-28-20(12)30)19(31)18-16(3-2-7-27-18)29-34(32,33)11-4-5-14(22)13(9-11)21(24,25)26/h2-10,29H,1H3. The van der Waals surface area contributed by atoms with Crippen LogP contribution in [-0.2, 0) is 23.2 Å². The zero-order valence-electron chi connectivity index (χ0n) is 17.1. The molecule has 34 heavy (non-hydrogen) atoms. The third-order valence-electron chi connectivity index (χ3n) is 4.90. The topological polar surface area (TPSA) is 94.0 Å². The van der Waals surface area contributed by atoms with Crippen molar-refractivity contribution in [1.82, 2.24) is 14.5 Å². The second-order valence-electron chi connectivity index (χ2n) is 7.12. The third kappa shape index (κ3) is 4.33. The highest BCUT2D eigenvalue weighted by Gasteiger charge is 2.35. The molecule has 3 aromatic heterocycles. The molecule has 0 saturated heterocycles.